The number of nitrogen functional groups attached to an aromatic ring is 1. The molecule has 0 aliphatic heterocycles. The summed E-state index contributed by atoms with van der Waals surface area (Å²) in [7, 11) is 1.90. The number of aryl methyl sites for hydroxylation is 2. The summed E-state index contributed by atoms with van der Waals surface area (Å²) in [6.45, 7) is 15.3. The first-order valence-corrected chi connectivity index (χ1v) is 16.3. The summed E-state index contributed by atoms with van der Waals surface area (Å²) in [4.78, 5) is 19.4. The van der Waals surface area contributed by atoms with Crippen molar-refractivity contribution in [3.8, 4) is 0 Å². The number of unbranched alkanes of at least 4 members (excludes halogenated alkanes) is 8. The number of hydrogen-bond acceptors (Lipinski definition) is 3. The van der Waals surface area contributed by atoms with Gasteiger partial charge in [0.25, 0.3) is 5.56 Å². The highest BCUT2D eigenvalue weighted by Gasteiger charge is 2.14. The van der Waals surface area contributed by atoms with Gasteiger partial charge in [-0.2, -0.15) is 0 Å². The average Bonchev–Trinajstić information content (AvgIpc) is 3.27. The van der Waals surface area contributed by atoms with Crippen LogP contribution in [0.15, 0.2) is 16.9 Å². The first kappa shape index (κ1) is 34.0. The topological polar surface area (TPSA) is 76.2 Å². The van der Waals surface area contributed by atoms with E-state index < -0.39 is 0 Å². The molecule has 0 spiro atoms. The molecule has 0 aliphatic carbocycles. The Morgan fingerprint density at radius 1 is 0.850 bits per heavy atom. The van der Waals surface area contributed by atoms with Crippen LogP contribution in [-0.4, -0.2) is 21.6 Å². The molecule has 3 aromatic rings. The minimum Gasteiger partial charge on any atom is -0.399 e. The summed E-state index contributed by atoms with van der Waals surface area (Å²) < 4.78 is 1.87. The van der Waals surface area contributed by atoms with Gasteiger partial charge >= 0.3 is 0 Å². The van der Waals surface area contributed by atoms with Gasteiger partial charge in [-0.15, -0.1) is 0 Å². The van der Waals surface area contributed by atoms with Crippen molar-refractivity contribution in [1.29, 1.82) is 0 Å². The maximum absolute atomic E-state index is 12.1. The zero-order chi connectivity index (χ0) is 29.5. The molecule has 2 heterocycles. The third-order valence-corrected chi connectivity index (χ3v) is 8.43. The van der Waals surface area contributed by atoms with Crippen molar-refractivity contribution in [2.45, 2.75) is 145 Å². The van der Waals surface area contributed by atoms with E-state index >= 15 is 0 Å². The second kappa shape index (κ2) is 18.2. The second-order valence-electron chi connectivity index (χ2n) is 12.3. The van der Waals surface area contributed by atoms with E-state index in [4.69, 9.17) is 5.73 Å². The second-order valence-corrected chi connectivity index (χ2v) is 12.3. The van der Waals surface area contributed by atoms with Crippen molar-refractivity contribution in [3.05, 3.63) is 33.7 Å². The highest BCUT2D eigenvalue weighted by atomic mass is 16.1. The number of imidazole rings is 1. The Morgan fingerprint density at radius 2 is 1.35 bits per heavy atom. The van der Waals surface area contributed by atoms with E-state index in [1.165, 1.54) is 96.3 Å². The van der Waals surface area contributed by atoms with Gasteiger partial charge in [0, 0.05) is 17.0 Å². The highest BCUT2D eigenvalue weighted by molar-refractivity contribution is 6.51. The van der Waals surface area contributed by atoms with E-state index in [9.17, 15) is 4.79 Å². The zero-order valence-corrected chi connectivity index (χ0v) is 26.9. The van der Waals surface area contributed by atoms with Crippen LogP contribution in [0.5, 0.6) is 0 Å². The molecule has 2 aromatic heterocycles. The van der Waals surface area contributed by atoms with Crippen molar-refractivity contribution in [3.63, 3.8) is 0 Å². The van der Waals surface area contributed by atoms with Gasteiger partial charge in [0.05, 0.1) is 11.0 Å². The number of hydrogen-bond donors (Lipinski definition) is 2. The van der Waals surface area contributed by atoms with Crippen LogP contribution in [-0.2, 0) is 0 Å². The number of benzene rings is 1. The summed E-state index contributed by atoms with van der Waals surface area (Å²) >= 11 is 0. The number of nitrogens with one attached hydrogen (secondary N) is 1. The Labute approximate surface area is 245 Å². The van der Waals surface area contributed by atoms with Crippen LogP contribution in [0.1, 0.15) is 135 Å². The quantitative estimate of drug-likeness (QED) is 0.100. The highest BCUT2D eigenvalue weighted by Crippen LogP contribution is 2.22. The molecule has 2 unspecified atom stereocenters. The summed E-state index contributed by atoms with van der Waals surface area (Å²) in [5.74, 6) is 1.93. The lowest BCUT2D eigenvalue weighted by Gasteiger charge is -2.13. The molecule has 3 rings (SSSR count). The van der Waals surface area contributed by atoms with Gasteiger partial charge in [-0.3, -0.25) is 9.20 Å². The van der Waals surface area contributed by atoms with Crippen LogP contribution < -0.4 is 16.9 Å². The van der Waals surface area contributed by atoms with Gasteiger partial charge in [0.1, 0.15) is 0 Å². The van der Waals surface area contributed by atoms with Crippen molar-refractivity contribution in [2.24, 2.45) is 11.8 Å². The minimum atomic E-state index is -0.184. The summed E-state index contributed by atoms with van der Waals surface area (Å²) in [5, 5.41) is 0. The van der Waals surface area contributed by atoms with E-state index in [0.29, 0.717) is 11.3 Å². The fourth-order valence-corrected chi connectivity index (χ4v) is 5.83. The molecule has 1 aromatic carbocycles. The van der Waals surface area contributed by atoms with E-state index in [0.717, 1.165) is 39.7 Å². The van der Waals surface area contributed by atoms with Gasteiger partial charge in [-0.25, -0.2) is 4.98 Å². The molecule has 0 aliphatic rings. The van der Waals surface area contributed by atoms with E-state index in [1.807, 2.05) is 44.5 Å². The number of aromatic amines is 1. The minimum absolute atomic E-state index is 0.184. The fraction of sp³-hybridized carbons (Fsp3) is 0.706. The Morgan fingerprint density at radius 3 is 1.88 bits per heavy atom. The lowest BCUT2D eigenvalue weighted by atomic mass is 9.77. The molecule has 40 heavy (non-hydrogen) atoms. The third-order valence-electron chi connectivity index (χ3n) is 8.43. The molecule has 223 valence electrons. The zero-order valence-electron chi connectivity index (χ0n) is 26.9. The molecule has 3 N–H and O–H groups in total. The molecule has 0 amide bonds. The number of anilines is 1. The molecule has 0 saturated heterocycles. The van der Waals surface area contributed by atoms with Gasteiger partial charge in [-0.05, 0) is 43.4 Å². The van der Waals surface area contributed by atoms with Crippen LogP contribution in [0.2, 0.25) is 6.82 Å². The molecule has 6 heteroatoms. The van der Waals surface area contributed by atoms with Gasteiger partial charge in [0.15, 0.2) is 7.28 Å². The van der Waals surface area contributed by atoms with Gasteiger partial charge in [-0.1, -0.05) is 131 Å². The van der Waals surface area contributed by atoms with Crippen molar-refractivity contribution < 1.29 is 0 Å². The monoisotopic (exact) mass is 549 g/mol. The first-order chi connectivity index (χ1) is 19.2. The van der Waals surface area contributed by atoms with E-state index in [1.54, 1.807) is 0 Å². The number of nitrogens with zero attached hydrogens (tertiary/aromatic N) is 2. The van der Waals surface area contributed by atoms with E-state index in [2.05, 4.69) is 37.7 Å². The van der Waals surface area contributed by atoms with Crippen LogP contribution in [0.4, 0.5) is 5.69 Å². The number of nitrogens with two attached hydrogens (primary N) is 1. The summed E-state index contributed by atoms with van der Waals surface area (Å²) in [5.41, 5.74) is 11.2. The molecule has 0 fully saturated rings. The lowest BCUT2D eigenvalue weighted by Crippen LogP contribution is -2.15. The largest absolute Gasteiger partial charge is 0.399 e. The first-order valence-electron chi connectivity index (χ1n) is 16.3. The average molecular weight is 550 g/mol. The summed E-state index contributed by atoms with van der Waals surface area (Å²) in [6, 6.07) is 3.71. The van der Waals surface area contributed by atoms with Gasteiger partial charge in [0.2, 0.25) is 5.65 Å². The lowest BCUT2D eigenvalue weighted by molar-refractivity contribution is 0.401. The molecular formula is C34H58BN4O. The van der Waals surface area contributed by atoms with Crippen LogP contribution >= 0.6 is 0 Å². The molecule has 1 radical (unpaired) electrons. The SMILES string of the molecule is CCCCCCCC(C)CCCCC(C)CCCCCC.C[B]c1nc2c(=O)[nH]c3c(C)cc(N)cc3n2c1C. The van der Waals surface area contributed by atoms with Crippen molar-refractivity contribution in [2.75, 3.05) is 5.73 Å². The smallest absolute Gasteiger partial charge is 0.292 e. The maximum Gasteiger partial charge on any atom is 0.292 e. The third kappa shape index (κ3) is 10.6. The standard InChI is InChI=1S/C21H44.C13H14BN4O/c1-5-7-9-11-13-17-21(4)19-15-14-18-20(3)16-12-10-8-6-2;1-6-4-8(15)5-9-10(6)16-13(19)12-17-11(14-3)7(2)18(9)12/h20-21H,5-19H2,1-4H3;4-5H,15H2,1-3H3,(H,16,19). The Kier molecular flexibility index (Phi) is 15.5. The normalized spacial score (nSPS) is 12.9. The van der Waals surface area contributed by atoms with Crippen LogP contribution in [0.3, 0.4) is 0 Å². The van der Waals surface area contributed by atoms with Crippen LogP contribution in [0, 0.1) is 25.7 Å². The number of fused-ring (bicyclic) bond motifs is 3. The number of H-pyrrole nitrogens is 1. The Bertz CT molecular complexity index is 1200. The Hall–Kier alpha value is -2.24. The molecular weight excluding hydrogens is 491 g/mol. The van der Waals surface area contributed by atoms with Gasteiger partial charge < -0.3 is 10.7 Å². The van der Waals surface area contributed by atoms with Crippen LogP contribution in [0.25, 0.3) is 16.7 Å². The Balaban J connectivity index is 0.000000281. The maximum atomic E-state index is 12.1. The molecule has 0 bridgehead atoms. The number of rotatable bonds is 17. The predicted molar refractivity (Wildman–Crippen MR) is 177 cm³/mol. The molecule has 0 saturated carbocycles. The van der Waals surface area contributed by atoms with E-state index in [-0.39, 0.29) is 5.56 Å². The summed E-state index contributed by atoms with van der Waals surface area (Å²) in [6.07, 6.45) is 21.7. The molecule has 2 atom stereocenters. The predicted octanol–water partition coefficient (Wildman–Crippen LogP) is 8.90. The molecule has 5 nitrogen and oxygen atoms in total. The number of aromatic nitrogens is 3. The van der Waals surface area contributed by atoms with Crippen molar-refractivity contribution in [1.82, 2.24) is 14.4 Å². The fourth-order valence-electron chi connectivity index (χ4n) is 5.83. The van der Waals surface area contributed by atoms with Crippen molar-refractivity contribution >= 4 is 35.2 Å².